The van der Waals surface area contributed by atoms with Gasteiger partial charge < -0.3 is 0 Å². The van der Waals surface area contributed by atoms with Gasteiger partial charge in [-0.05, 0) is 29.3 Å². The number of rotatable bonds is 1. The maximum Gasteiger partial charge on any atom is 1.00 e. The van der Waals surface area contributed by atoms with Crippen molar-refractivity contribution in [3.63, 3.8) is 0 Å². The summed E-state index contributed by atoms with van der Waals surface area (Å²) < 4.78 is 12.6. The van der Waals surface area contributed by atoms with E-state index in [9.17, 15) is 4.39 Å². The molecule has 0 spiro atoms. The first-order valence-corrected chi connectivity index (χ1v) is 4.08. The van der Waals surface area contributed by atoms with Gasteiger partial charge in [-0.3, -0.25) is 0 Å². The Balaban J connectivity index is 0.000000980. The zero-order chi connectivity index (χ0) is 9.10. The fourth-order valence-electron chi connectivity index (χ4n) is 1.22. The highest BCUT2D eigenvalue weighted by molar-refractivity contribution is 5.62. The van der Waals surface area contributed by atoms with Crippen LogP contribution in [0, 0.1) is 11.9 Å². The Hall–Kier alpha value is -1.63. The molecule has 0 nitrogen and oxygen atoms in total. The third-order valence-electron chi connectivity index (χ3n) is 1.90. The molecule has 0 unspecified atom stereocenters. The van der Waals surface area contributed by atoms with E-state index >= 15 is 0 Å². The summed E-state index contributed by atoms with van der Waals surface area (Å²) in [5, 5.41) is 0. The van der Waals surface area contributed by atoms with Crippen LogP contribution >= 0.6 is 0 Å². The average Bonchev–Trinajstić information content (AvgIpc) is 2.20. The van der Waals surface area contributed by atoms with Gasteiger partial charge in [0.2, 0.25) is 0 Å². The van der Waals surface area contributed by atoms with Gasteiger partial charge in [0.05, 0.1) is 0 Å². The average molecular weight is 172 g/mol. The van der Waals surface area contributed by atoms with E-state index in [-0.39, 0.29) is 7.24 Å². The van der Waals surface area contributed by atoms with Crippen molar-refractivity contribution in [1.82, 2.24) is 0 Å². The molecular weight excluding hydrogens is 163 g/mol. The minimum atomic E-state index is -0.203. The highest BCUT2D eigenvalue weighted by Gasteiger charge is 1.95. The Kier molecular flexibility index (Phi) is 2.09. The van der Waals surface area contributed by atoms with Crippen LogP contribution in [0.4, 0.5) is 4.39 Å². The Labute approximate surface area is 78.1 Å². The maximum absolute atomic E-state index is 12.6. The molecule has 0 atom stereocenters. The van der Waals surface area contributed by atoms with E-state index in [1.54, 1.807) is 12.1 Å². The Bertz CT molecular complexity index is 381. The van der Waals surface area contributed by atoms with Crippen LogP contribution in [-0.4, -0.2) is 0 Å². The van der Waals surface area contributed by atoms with Gasteiger partial charge in [0.1, 0.15) is 5.82 Å². The van der Waals surface area contributed by atoms with Gasteiger partial charge in [0.15, 0.2) is 0 Å². The summed E-state index contributed by atoms with van der Waals surface area (Å²) in [5.74, 6) is -0.203. The number of halogens is 1. The molecule has 0 aliphatic rings. The molecule has 2 rings (SSSR count). The normalized spacial score (nSPS) is 9.92. The van der Waals surface area contributed by atoms with Crippen LogP contribution < -0.4 is 0 Å². The molecule has 0 aliphatic carbocycles. The number of benzene rings is 2. The first kappa shape index (κ1) is 7.99. The van der Waals surface area contributed by atoms with Gasteiger partial charge in [0.25, 0.3) is 0 Å². The summed E-state index contributed by atoms with van der Waals surface area (Å²) in [4.78, 5) is 0. The van der Waals surface area contributed by atoms with Gasteiger partial charge in [0, 0.05) is 0 Å². The maximum atomic E-state index is 12.6. The lowest BCUT2D eigenvalue weighted by Gasteiger charge is -1.99. The molecule has 0 bridgehead atoms. The van der Waals surface area contributed by atoms with E-state index in [4.69, 9.17) is 0 Å². The molecule has 0 fully saturated rings. The molecule has 0 heterocycles. The van der Waals surface area contributed by atoms with Gasteiger partial charge in [-0.2, -0.15) is 0 Å². The van der Waals surface area contributed by atoms with Crippen LogP contribution in [0.2, 0.25) is 0 Å². The van der Waals surface area contributed by atoms with Crippen molar-refractivity contribution >= 4 is 0 Å². The minimum Gasteiger partial charge on any atom is -0.207 e. The molecule has 0 amide bonds. The van der Waals surface area contributed by atoms with Crippen LogP contribution in [0.5, 0.6) is 0 Å². The Morgan fingerprint density at radius 3 is 2.00 bits per heavy atom. The standard InChI is InChI=1S/C12H8F/c13-12-8-6-11(7-9-12)10-4-2-1-3-5-10/h2-9H/p+1. The van der Waals surface area contributed by atoms with Crippen LogP contribution in [0.3, 0.4) is 0 Å². The van der Waals surface area contributed by atoms with Crippen molar-refractivity contribution in [3.8, 4) is 11.1 Å². The van der Waals surface area contributed by atoms with Crippen LogP contribution in [0.25, 0.3) is 11.1 Å². The largest absolute Gasteiger partial charge is 1.00 e. The summed E-state index contributed by atoms with van der Waals surface area (Å²) in [5.41, 5.74) is 2.11. The first-order chi connectivity index (χ1) is 6.36. The third-order valence-corrected chi connectivity index (χ3v) is 1.90. The highest BCUT2D eigenvalue weighted by atomic mass is 19.1. The van der Waals surface area contributed by atoms with E-state index < -0.39 is 0 Å². The summed E-state index contributed by atoms with van der Waals surface area (Å²) >= 11 is 0. The molecule has 0 saturated carbocycles. The van der Waals surface area contributed by atoms with Crippen molar-refractivity contribution in [2.24, 2.45) is 0 Å². The molecule has 1 radical (unpaired) electrons. The van der Waals surface area contributed by atoms with E-state index in [0.29, 0.717) is 0 Å². The quantitative estimate of drug-likeness (QED) is 0.618. The summed E-state index contributed by atoms with van der Waals surface area (Å²) in [6.07, 6.45) is 0. The van der Waals surface area contributed by atoms with E-state index in [2.05, 4.69) is 6.07 Å². The van der Waals surface area contributed by atoms with Crippen molar-refractivity contribution < 1.29 is 5.82 Å². The highest BCUT2D eigenvalue weighted by Crippen LogP contribution is 2.18. The lowest BCUT2D eigenvalue weighted by Crippen LogP contribution is -1.77. The summed E-state index contributed by atoms with van der Waals surface area (Å²) in [6.45, 7) is 0. The molecule has 1 heteroatoms. The van der Waals surface area contributed by atoms with E-state index in [1.165, 1.54) is 12.1 Å². The van der Waals surface area contributed by atoms with Gasteiger partial charge in [-0.25, -0.2) is 4.39 Å². The Morgan fingerprint density at radius 2 is 1.38 bits per heavy atom. The van der Waals surface area contributed by atoms with Crippen LogP contribution in [0.1, 0.15) is 1.43 Å². The van der Waals surface area contributed by atoms with Crippen LogP contribution in [-0.2, 0) is 0 Å². The van der Waals surface area contributed by atoms with Crippen molar-refractivity contribution in [3.05, 3.63) is 60.4 Å². The Morgan fingerprint density at radius 1 is 0.846 bits per heavy atom. The lowest BCUT2D eigenvalue weighted by atomic mass is 10.1. The fourth-order valence-corrected chi connectivity index (χ4v) is 1.22. The number of hydrogen-bond acceptors (Lipinski definition) is 0. The molecule has 0 saturated heterocycles. The van der Waals surface area contributed by atoms with Gasteiger partial charge in [-0.1, -0.05) is 36.4 Å². The van der Waals surface area contributed by atoms with Gasteiger partial charge in [-0.15, -0.1) is 0 Å². The second-order valence-corrected chi connectivity index (χ2v) is 2.80. The molecular formula is C12H9F+. The topological polar surface area (TPSA) is 0 Å². The zero-order valence-corrected chi connectivity index (χ0v) is 7.00. The molecule has 2 aromatic rings. The molecule has 63 valence electrons. The first-order valence-electron chi connectivity index (χ1n) is 4.08. The molecule has 2 aromatic carbocycles. The predicted octanol–water partition coefficient (Wildman–Crippen LogP) is 3.41. The van der Waals surface area contributed by atoms with Crippen molar-refractivity contribution in [2.75, 3.05) is 0 Å². The van der Waals surface area contributed by atoms with Gasteiger partial charge >= 0.3 is 1.43 Å². The second kappa shape index (κ2) is 3.40. The van der Waals surface area contributed by atoms with Crippen LogP contribution in [0.15, 0.2) is 48.5 Å². The summed E-state index contributed by atoms with van der Waals surface area (Å²) in [7, 11) is 0. The van der Waals surface area contributed by atoms with E-state index in [0.717, 1.165) is 11.1 Å². The molecule has 0 N–H and O–H groups in total. The SMILES string of the molecule is Fc1ccc(-c2cc[c]cc2)cc1.[H+]. The third kappa shape index (κ3) is 1.75. The van der Waals surface area contributed by atoms with E-state index in [1.807, 2.05) is 24.3 Å². The van der Waals surface area contributed by atoms with Crippen molar-refractivity contribution in [2.45, 2.75) is 0 Å². The predicted molar refractivity (Wildman–Crippen MR) is 51.8 cm³/mol. The second-order valence-electron chi connectivity index (χ2n) is 2.80. The summed E-state index contributed by atoms with van der Waals surface area (Å²) in [6, 6.07) is 17.0. The molecule has 0 aromatic heterocycles. The zero-order valence-electron chi connectivity index (χ0n) is 8.00. The molecule has 0 aliphatic heterocycles. The van der Waals surface area contributed by atoms with Crippen molar-refractivity contribution in [1.29, 1.82) is 0 Å². The smallest absolute Gasteiger partial charge is 0.207 e. The number of hydrogen-bond donors (Lipinski definition) is 0. The fraction of sp³-hybridized carbons (Fsp3) is 0. The molecule has 13 heavy (non-hydrogen) atoms. The lowest BCUT2D eigenvalue weighted by molar-refractivity contribution is 0.628. The monoisotopic (exact) mass is 172 g/mol. The minimum absolute atomic E-state index is 0.